The van der Waals surface area contributed by atoms with Gasteiger partial charge < -0.3 is 14.7 Å². The molecule has 0 unspecified atom stereocenters. The minimum absolute atomic E-state index is 0.144. The predicted molar refractivity (Wildman–Crippen MR) is 76.8 cm³/mol. The van der Waals surface area contributed by atoms with Crippen molar-refractivity contribution in [1.29, 1.82) is 0 Å². The van der Waals surface area contributed by atoms with E-state index in [1.807, 2.05) is 32.5 Å². The summed E-state index contributed by atoms with van der Waals surface area (Å²) in [5, 5.41) is 13.2. The van der Waals surface area contributed by atoms with Crippen molar-refractivity contribution in [3.63, 3.8) is 0 Å². The van der Waals surface area contributed by atoms with Crippen molar-refractivity contribution in [3.8, 4) is 0 Å². The molecule has 1 saturated heterocycles. The Morgan fingerprint density at radius 3 is 2.55 bits per heavy atom. The maximum absolute atomic E-state index is 10.7. The van der Waals surface area contributed by atoms with Gasteiger partial charge in [-0.2, -0.15) is 5.10 Å². The Morgan fingerprint density at radius 1 is 1.40 bits per heavy atom. The number of nitrogens with zero attached hydrogens (tertiary/aromatic N) is 3. The van der Waals surface area contributed by atoms with Crippen molar-refractivity contribution in [2.75, 3.05) is 18.0 Å². The molecule has 1 aromatic rings. The lowest BCUT2D eigenvalue weighted by Gasteiger charge is -2.36. The zero-order chi connectivity index (χ0) is 14.9. The van der Waals surface area contributed by atoms with Crippen LogP contribution in [0.1, 0.15) is 25.1 Å². The van der Waals surface area contributed by atoms with Crippen molar-refractivity contribution >= 4 is 17.9 Å². The Balaban J connectivity index is 2.37. The van der Waals surface area contributed by atoms with Gasteiger partial charge in [-0.3, -0.25) is 4.68 Å². The first-order valence-corrected chi connectivity index (χ1v) is 6.73. The maximum Gasteiger partial charge on any atom is 0.328 e. The molecule has 6 heteroatoms. The Morgan fingerprint density at radius 2 is 2.00 bits per heavy atom. The molecule has 1 aliphatic heterocycles. The molecule has 110 valence electrons. The number of ether oxygens (including phenoxy) is 1. The fraction of sp³-hybridized carbons (Fsp3) is 0.571. The lowest BCUT2D eigenvalue weighted by atomic mass is 10.1. The molecule has 1 N–H and O–H groups in total. The van der Waals surface area contributed by atoms with Gasteiger partial charge in [0.05, 0.1) is 17.9 Å². The quantitative estimate of drug-likeness (QED) is 0.848. The summed E-state index contributed by atoms with van der Waals surface area (Å²) in [6.07, 6.45) is 3.06. The van der Waals surface area contributed by atoms with Crippen molar-refractivity contribution in [2.45, 2.75) is 33.0 Å². The van der Waals surface area contributed by atoms with Crippen LogP contribution in [0.15, 0.2) is 6.08 Å². The van der Waals surface area contributed by atoms with Crippen LogP contribution < -0.4 is 4.90 Å². The van der Waals surface area contributed by atoms with E-state index in [-0.39, 0.29) is 12.2 Å². The molecule has 0 spiro atoms. The van der Waals surface area contributed by atoms with Crippen LogP contribution in [-0.4, -0.2) is 46.2 Å². The first-order valence-electron chi connectivity index (χ1n) is 6.73. The molecule has 2 atom stereocenters. The molecule has 6 nitrogen and oxygen atoms in total. The second-order valence-corrected chi connectivity index (χ2v) is 5.28. The lowest BCUT2D eigenvalue weighted by Crippen LogP contribution is -2.46. The molecule has 0 aromatic carbocycles. The Hall–Kier alpha value is -1.82. The molecule has 0 bridgehead atoms. The van der Waals surface area contributed by atoms with E-state index in [1.165, 1.54) is 0 Å². The van der Waals surface area contributed by atoms with Gasteiger partial charge >= 0.3 is 5.97 Å². The summed E-state index contributed by atoms with van der Waals surface area (Å²) in [6.45, 7) is 7.52. The number of rotatable bonds is 3. The predicted octanol–water partition coefficient (Wildman–Crippen LogP) is 1.44. The average molecular weight is 279 g/mol. The van der Waals surface area contributed by atoms with Crippen molar-refractivity contribution < 1.29 is 14.6 Å². The van der Waals surface area contributed by atoms with Crippen LogP contribution in [0.2, 0.25) is 0 Å². The molecule has 20 heavy (non-hydrogen) atoms. The lowest BCUT2D eigenvalue weighted by molar-refractivity contribution is -0.131. The number of carboxylic acids is 1. The van der Waals surface area contributed by atoms with E-state index in [2.05, 4.69) is 10.00 Å². The van der Waals surface area contributed by atoms with Gasteiger partial charge in [-0.05, 0) is 26.8 Å². The number of anilines is 1. The summed E-state index contributed by atoms with van der Waals surface area (Å²) in [7, 11) is 1.88. The molecule has 0 saturated carbocycles. The van der Waals surface area contributed by atoms with E-state index in [0.717, 1.165) is 36.2 Å². The average Bonchev–Trinajstić information content (AvgIpc) is 2.59. The van der Waals surface area contributed by atoms with Gasteiger partial charge in [0.1, 0.15) is 5.82 Å². The van der Waals surface area contributed by atoms with E-state index in [0.29, 0.717) is 0 Å². The number of hydrogen-bond acceptors (Lipinski definition) is 4. The molecule has 2 heterocycles. The largest absolute Gasteiger partial charge is 0.478 e. The summed E-state index contributed by atoms with van der Waals surface area (Å²) in [6, 6.07) is 0. The Labute approximate surface area is 118 Å². The minimum atomic E-state index is -0.956. The monoisotopic (exact) mass is 279 g/mol. The zero-order valence-electron chi connectivity index (χ0n) is 12.3. The highest BCUT2D eigenvalue weighted by Gasteiger charge is 2.26. The third-order valence-electron chi connectivity index (χ3n) is 3.35. The molecular formula is C14H21N3O3. The van der Waals surface area contributed by atoms with Crippen molar-refractivity contribution in [2.24, 2.45) is 7.05 Å². The van der Waals surface area contributed by atoms with E-state index < -0.39 is 5.97 Å². The van der Waals surface area contributed by atoms with Gasteiger partial charge in [0.25, 0.3) is 0 Å². The second-order valence-electron chi connectivity index (χ2n) is 5.28. The van der Waals surface area contributed by atoms with Gasteiger partial charge in [-0.25, -0.2) is 4.79 Å². The molecule has 0 aliphatic carbocycles. The molecule has 1 aromatic heterocycles. The topological polar surface area (TPSA) is 67.6 Å². The van der Waals surface area contributed by atoms with E-state index in [9.17, 15) is 4.79 Å². The van der Waals surface area contributed by atoms with Crippen molar-refractivity contribution in [1.82, 2.24) is 9.78 Å². The fourth-order valence-electron chi connectivity index (χ4n) is 2.74. The first-order chi connectivity index (χ1) is 9.38. The van der Waals surface area contributed by atoms with Gasteiger partial charge in [0.2, 0.25) is 0 Å². The Bertz CT molecular complexity index is 526. The van der Waals surface area contributed by atoms with E-state index in [1.54, 1.807) is 6.08 Å². The summed E-state index contributed by atoms with van der Waals surface area (Å²) >= 11 is 0. The van der Waals surface area contributed by atoms with Crippen LogP contribution in [0.4, 0.5) is 5.82 Å². The third kappa shape index (κ3) is 3.01. The highest BCUT2D eigenvalue weighted by atomic mass is 16.5. The van der Waals surface area contributed by atoms with Gasteiger partial charge in [0.15, 0.2) is 0 Å². The van der Waals surface area contributed by atoms with Gasteiger partial charge in [-0.15, -0.1) is 0 Å². The Kier molecular flexibility index (Phi) is 4.13. The first kappa shape index (κ1) is 14.6. The number of aliphatic carboxylic acids is 1. The SMILES string of the molecule is Cc1nn(C)c(N2C[C@@H](C)O[C@@H](C)C2)c1/C=C/C(=O)O. The van der Waals surface area contributed by atoms with Crippen LogP contribution >= 0.6 is 0 Å². The molecule has 0 radical (unpaired) electrons. The summed E-state index contributed by atoms with van der Waals surface area (Å²) in [5.74, 6) is -0.00934. The van der Waals surface area contributed by atoms with E-state index >= 15 is 0 Å². The number of aryl methyl sites for hydroxylation is 2. The van der Waals surface area contributed by atoms with Gasteiger partial charge in [-0.1, -0.05) is 0 Å². The number of carbonyl (C=O) groups is 1. The zero-order valence-corrected chi connectivity index (χ0v) is 12.3. The second kappa shape index (κ2) is 5.66. The van der Waals surface area contributed by atoms with Crippen LogP contribution in [-0.2, 0) is 16.6 Å². The van der Waals surface area contributed by atoms with Gasteiger partial charge in [0, 0.05) is 31.8 Å². The van der Waals surface area contributed by atoms with Crippen LogP contribution in [0.3, 0.4) is 0 Å². The molecule has 2 rings (SSSR count). The van der Waals surface area contributed by atoms with Crippen molar-refractivity contribution in [3.05, 3.63) is 17.3 Å². The smallest absolute Gasteiger partial charge is 0.328 e. The molecule has 1 fully saturated rings. The highest BCUT2D eigenvalue weighted by Crippen LogP contribution is 2.27. The molecule has 1 aliphatic rings. The normalized spacial score (nSPS) is 23.5. The highest BCUT2D eigenvalue weighted by molar-refractivity contribution is 5.87. The van der Waals surface area contributed by atoms with Crippen LogP contribution in [0.5, 0.6) is 0 Å². The standard InChI is InChI=1S/C14H21N3O3/c1-9-7-17(8-10(2)20-9)14-12(5-6-13(18)19)11(3)15-16(14)4/h5-6,9-10H,7-8H2,1-4H3,(H,18,19)/b6-5+/t9-,10+. The number of hydrogen-bond donors (Lipinski definition) is 1. The minimum Gasteiger partial charge on any atom is -0.478 e. The summed E-state index contributed by atoms with van der Waals surface area (Å²) in [5.41, 5.74) is 1.68. The number of aromatic nitrogens is 2. The van der Waals surface area contributed by atoms with E-state index in [4.69, 9.17) is 9.84 Å². The fourth-order valence-corrected chi connectivity index (χ4v) is 2.74. The molecule has 0 amide bonds. The maximum atomic E-state index is 10.7. The number of morpholine rings is 1. The van der Waals surface area contributed by atoms with Crippen LogP contribution in [0.25, 0.3) is 6.08 Å². The van der Waals surface area contributed by atoms with Crippen LogP contribution in [0, 0.1) is 6.92 Å². The third-order valence-corrected chi connectivity index (χ3v) is 3.35. The molecular weight excluding hydrogens is 258 g/mol. The summed E-state index contributed by atoms with van der Waals surface area (Å²) < 4.78 is 7.55. The summed E-state index contributed by atoms with van der Waals surface area (Å²) in [4.78, 5) is 12.9. The number of carboxylic acid groups (broad SMARTS) is 1.